The predicted molar refractivity (Wildman–Crippen MR) is 99.2 cm³/mol. The normalized spacial score (nSPS) is 12.4. The number of nitrogens with one attached hydrogen (secondary N) is 2. The summed E-state index contributed by atoms with van der Waals surface area (Å²) in [5.41, 5.74) is 6.83. The molecule has 0 spiro atoms. The Kier molecular flexibility index (Phi) is 4.89. The number of hydrogen-bond acceptors (Lipinski definition) is 4. The molecular formula is C19H17FN4O3. The number of hydrogen-bond donors (Lipinski definition) is 4. The van der Waals surface area contributed by atoms with Crippen molar-refractivity contribution >= 4 is 34.9 Å². The van der Waals surface area contributed by atoms with Crippen molar-refractivity contribution in [1.82, 2.24) is 15.5 Å². The van der Waals surface area contributed by atoms with Gasteiger partial charge in [-0.15, -0.1) is 0 Å². The molecule has 0 unspecified atom stereocenters. The molecule has 27 heavy (non-hydrogen) atoms. The number of rotatable bonds is 5. The molecule has 138 valence electrons. The van der Waals surface area contributed by atoms with Gasteiger partial charge in [0.05, 0.1) is 22.2 Å². The highest BCUT2D eigenvalue weighted by atomic mass is 19.1. The number of aromatic nitrogens is 2. The van der Waals surface area contributed by atoms with E-state index in [-0.39, 0.29) is 17.1 Å². The number of carbonyl (C=O) groups excluding carboxylic acids is 2. The highest BCUT2D eigenvalue weighted by Crippen LogP contribution is 2.31. The van der Waals surface area contributed by atoms with E-state index >= 15 is 0 Å². The van der Waals surface area contributed by atoms with Crippen molar-refractivity contribution < 1.29 is 19.1 Å². The maximum absolute atomic E-state index is 13.0. The lowest BCUT2D eigenvalue weighted by atomic mass is 10.1. The number of aromatic hydroxyl groups is 1. The van der Waals surface area contributed by atoms with Crippen molar-refractivity contribution in [2.45, 2.75) is 13.0 Å². The van der Waals surface area contributed by atoms with Crippen LogP contribution in [0.15, 0.2) is 36.4 Å². The van der Waals surface area contributed by atoms with Crippen LogP contribution in [0.2, 0.25) is 0 Å². The average Bonchev–Trinajstić information content (AvgIpc) is 3.05. The molecule has 0 aliphatic rings. The highest BCUT2D eigenvalue weighted by Gasteiger charge is 2.20. The molecule has 2 amide bonds. The number of fused-ring (bicyclic) bond motifs is 1. The summed E-state index contributed by atoms with van der Waals surface area (Å²) in [6.07, 6.45) is 3.38. The van der Waals surface area contributed by atoms with Crippen molar-refractivity contribution in [3.63, 3.8) is 0 Å². The molecule has 0 bridgehead atoms. The molecule has 1 heterocycles. The number of primary amides is 1. The van der Waals surface area contributed by atoms with Gasteiger partial charge in [-0.25, -0.2) is 4.39 Å². The van der Waals surface area contributed by atoms with Crippen LogP contribution in [0.3, 0.4) is 0 Å². The quantitative estimate of drug-likeness (QED) is 0.551. The second-order valence-corrected chi connectivity index (χ2v) is 5.98. The predicted octanol–water partition coefficient (Wildman–Crippen LogP) is 2.18. The van der Waals surface area contributed by atoms with E-state index in [2.05, 4.69) is 15.5 Å². The Hall–Kier alpha value is -3.68. The molecular weight excluding hydrogens is 351 g/mol. The van der Waals surface area contributed by atoms with Crippen molar-refractivity contribution in [2.75, 3.05) is 0 Å². The second-order valence-electron chi connectivity index (χ2n) is 5.98. The number of nitrogens with two attached hydrogens (primary N) is 1. The monoisotopic (exact) mass is 368 g/mol. The van der Waals surface area contributed by atoms with E-state index in [1.807, 2.05) is 0 Å². The number of H-pyrrole nitrogens is 1. The fourth-order valence-corrected chi connectivity index (χ4v) is 2.52. The summed E-state index contributed by atoms with van der Waals surface area (Å²) < 4.78 is 13.0. The minimum Gasteiger partial charge on any atom is -0.506 e. The number of halogens is 1. The summed E-state index contributed by atoms with van der Waals surface area (Å²) in [7, 11) is 0. The number of nitrogens with zero attached hydrogens (tertiary/aromatic N) is 1. The molecule has 5 N–H and O–H groups in total. The van der Waals surface area contributed by atoms with Crippen LogP contribution in [-0.4, -0.2) is 33.2 Å². The molecule has 0 saturated carbocycles. The Bertz CT molecular complexity index is 1040. The molecule has 0 aliphatic carbocycles. The van der Waals surface area contributed by atoms with Gasteiger partial charge < -0.3 is 16.2 Å². The molecule has 3 aromatic rings. The van der Waals surface area contributed by atoms with Crippen LogP contribution in [-0.2, 0) is 4.79 Å². The molecule has 0 saturated heterocycles. The summed E-state index contributed by atoms with van der Waals surface area (Å²) in [4.78, 5) is 23.4. The van der Waals surface area contributed by atoms with E-state index in [0.29, 0.717) is 16.6 Å². The Morgan fingerprint density at radius 3 is 2.59 bits per heavy atom. The summed E-state index contributed by atoms with van der Waals surface area (Å²) >= 11 is 0. The molecule has 2 aromatic carbocycles. The van der Waals surface area contributed by atoms with Crippen LogP contribution in [0.25, 0.3) is 23.1 Å². The van der Waals surface area contributed by atoms with Crippen LogP contribution >= 0.6 is 0 Å². The first-order valence-electron chi connectivity index (χ1n) is 8.10. The lowest BCUT2D eigenvalue weighted by Crippen LogP contribution is -2.42. The summed E-state index contributed by atoms with van der Waals surface area (Å²) in [5.74, 6) is -1.92. The first-order valence-corrected chi connectivity index (χ1v) is 8.10. The maximum Gasteiger partial charge on any atom is 0.255 e. The van der Waals surface area contributed by atoms with E-state index in [1.165, 1.54) is 25.1 Å². The third-order valence-electron chi connectivity index (χ3n) is 4.05. The van der Waals surface area contributed by atoms with Crippen molar-refractivity contribution in [2.24, 2.45) is 5.73 Å². The van der Waals surface area contributed by atoms with Gasteiger partial charge in [0.2, 0.25) is 5.91 Å². The second kappa shape index (κ2) is 7.28. The van der Waals surface area contributed by atoms with Gasteiger partial charge in [-0.1, -0.05) is 18.2 Å². The Balaban J connectivity index is 1.95. The average molecular weight is 368 g/mol. The van der Waals surface area contributed by atoms with E-state index in [9.17, 15) is 19.1 Å². The van der Waals surface area contributed by atoms with Gasteiger partial charge in [0, 0.05) is 0 Å². The zero-order chi connectivity index (χ0) is 19.6. The minimum absolute atomic E-state index is 0.00608. The largest absolute Gasteiger partial charge is 0.506 e. The van der Waals surface area contributed by atoms with Gasteiger partial charge in [-0.05, 0) is 42.8 Å². The third kappa shape index (κ3) is 3.79. The lowest BCUT2D eigenvalue weighted by molar-refractivity contribution is -0.119. The fraction of sp³-hybridized carbons (Fsp3) is 0.105. The third-order valence-corrected chi connectivity index (χ3v) is 4.05. The molecule has 8 heteroatoms. The SMILES string of the molecule is C[C@H](NC(=O)c1ccc2n[nH]c(/C=C/c3ccc(F)cc3)c2c1O)C(N)=O. The van der Waals surface area contributed by atoms with Gasteiger partial charge in [0.1, 0.15) is 17.6 Å². The smallest absolute Gasteiger partial charge is 0.255 e. The number of amides is 2. The van der Waals surface area contributed by atoms with Gasteiger partial charge >= 0.3 is 0 Å². The van der Waals surface area contributed by atoms with Crippen LogP contribution < -0.4 is 11.1 Å². The van der Waals surface area contributed by atoms with Crippen LogP contribution in [0.4, 0.5) is 4.39 Å². The molecule has 7 nitrogen and oxygen atoms in total. The van der Waals surface area contributed by atoms with Crippen molar-refractivity contribution in [1.29, 1.82) is 0 Å². The number of benzene rings is 2. The molecule has 1 atom stereocenters. The fourth-order valence-electron chi connectivity index (χ4n) is 2.52. The molecule has 0 radical (unpaired) electrons. The molecule has 0 fully saturated rings. The van der Waals surface area contributed by atoms with Gasteiger partial charge in [-0.3, -0.25) is 14.7 Å². The van der Waals surface area contributed by atoms with E-state index in [4.69, 9.17) is 5.73 Å². The molecule has 0 aliphatic heterocycles. The summed E-state index contributed by atoms with van der Waals surface area (Å²) in [6.45, 7) is 1.45. The number of phenolic OH excluding ortho intramolecular Hbond substituents is 1. The molecule has 3 rings (SSSR count). The molecule has 1 aromatic heterocycles. The topological polar surface area (TPSA) is 121 Å². The van der Waals surface area contributed by atoms with Crippen molar-refractivity contribution in [3.05, 3.63) is 59.0 Å². The van der Waals surface area contributed by atoms with E-state index < -0.39 is 17.9 Å². The first kappa shape index (κ1) is 18.1. The minimum atomic E-state index is -0.880. The standard InChI is InChI=1S/C19H17FN4O3/c1-10(18(21)26)22-19(27)13-7-9-15-16(17(13)25)14(23-24-15)8-4-11-2-5-12(20)6-3-11/h2-10,25H,1H3,(H2,21,26)(H,22,27)(H,23,24)/b8-4+/t10-/m0/s1. The van der Waals surface area contributed by atoms with Crippen LogP contribution in [0, 0.1) is 5.82 Å². The zero-order valence-electron chi connectivity index (χ0n) is 14.4. The maximum atomic E-state index is 13.0. The van der Waals surface area contributed by atoms with Gasteiger partial charge in [0.25, 0.3) is 5.91 Å². The van der Waals surface area contributed by atoms with Crippen LogP contribution in [0.1, 0.15) is 28.5 Å². The highest BCUT2D eigenvalue weighted by molar-refractivity contribution is 6.06. The number of aromatic amines is 1. The van der Waals surface area contributed by atoms with E-state index in [0.717, 1.165) is 5.56 Å². The zero-order valence-corrected chi connectivity index (χ0v) is 14.4. The Morgan fingerprint density at radius 1 is 1.22 bits per heavy atom. The first-order chi connectivity index (χ1) is 12.9. The summed E-state index contributed by atoms with van der Waals surface area (Å²) in [6, 6.07) is 7.99. The van der Waals surface area contributed by atoms with Crippen LogP contribution in [0.5, 0.6) is 5.75 Å². The number of phenols is 1. The number of carbonyl (C=O) groups is 2. The van der Waals surface area contributed by atoms with Gasteiger partial charge in [0.15, 0.2) is 0 Å². The Labute approximate surface area is 153 Å². The van der Waals surface area contributed by atoms with Crippen molar-refractivity contribution in [3.8, 4) is 5.75 Å². The van der Waals surface area contributed by atoms with Gasteiger partial charge in [-0.2, -0.15) is 5.10 Å². The summed E-state index contributed by atoms with van der Waals surface area (Å²) in [5, 5.41) is 20.2. The van der Waals surface area contributed by atoms with E-state index in [1.54, 1.807) is 30.4 Å². The lowest BCUT2D eigenvalue weighted by Gasteiger charge is -2.11. The Morgan fingerprint density at radius 2 is 1.93 bits per heavy atom.